The molecule has 5 rings (SSSR count). The third-order valence-electron chi connectivity index (χ3n) is 6.15. The summed E-state index contributed by atoms with van der Waals surface area (Å²) in [4.78, 5) is 52.5. The van der Waals surface area contributed by atoms with Crippen molar-refractivity contribution in [3.8, 4) is 0 Å². The molecular formula is C19H25N8O10P. The Kier molecular flexibility index (Phi) is 7.14. The van der Waals surface area contributed by atoms with Gasteiger partial charge in [0.2, 0.25) is 5.95 Å². The molecule has 19 heteroatoms. The van der Waals surface area contributed by atoms with Crippen LogP contribution in [-0.2, 0) is 23.1 Å². The van der Waals surface area contributed by atoms with E-state index in [9.17, 15) is 29.3 Å². The number of phosphoric acid groups is 1. The number of anilines is 1. The molecule has 0 spiro atoms. The van der Waals surface area contributed by atoms with E-state index in [0.717, 1.165) is 10.9 Å². The first-order valence-corrected chi connectivity index (χ1v) is 12.9. The van der Waals surface area contributed by atoms with Crippen molar-refractivity contribution >= 4 is 24.9 Å². The van der Waals surface area contributed by atoms with Gasteiger partial charge in [-0.15, -0.1) is 0 Å². The van der Waals surface area contributed by atoms with Gasteiger partial charge >= 0.3 is 13.5 Å². The van der Waals surface area contributed by atoms with E-state index >= 15 is 0 Å². The molecule has 6 N–H and O–H groups in total. The van der Waals surface area contributed by atoms with Gasteiger partial charge in [0.15, 0.2) is 11.2 Å². The SMILES string of the molecule is Cc1nc2c(ncn2[C@H]2C[C@@H](O)[C@@H](COP(=O)(O)O[C@@H]3C[C@@H](n4cnc(N)nc4=O)O[C@@H]3CO)O2)c(=O)[nH]1. The van der Waals surface area contributed by atoms with Crippen LogP contribution in [0, 0.1) is 6.92 Å². The molecule has 0 aromatic carbocycles. The van der Waals surface area contributed by atoms with Crippen molar-refractivity contribution in [1.29, 1.82) is 0 Å². The minimum atomic E-state index is -4.74. The predicted molar refractivity (Wildman–Crippen MR) is 124 cm³/mol. The summed E-state index contributed by atoms with van der Waals surface area (Å²) in [6.07, 6.45) is -3.60. The Hall–Kier alpha value is -3.09. The quantitative estimate of drug-likeness (QED) is 0.190. The van der Waals surface area contributed by atoms with Crippen molar-refractivity contribution in [2.24, 2.45) is 0 Å². The van der Waals surface area contributed by atoms with E-state index in [1.165, 1.54) is 10.9 Å². The number of aryl methyl sites for hydroxylation is 1. The summed E-state index contributed by atoms with van der Waals surface area (Å²) in [5, 5.41) is 20.1. The summed E-state index contributed by atoms with van der Waals surface area (Å²) in [6.45, 7) is 0.517. The Morgan fingerprint density at radius 1 is 1.16 bits per heavy atom. The number of ether oxygens (including phenoxy) is 2. The first-order chi connectivity index (χ1) is 18.0. The van der Waals surface area contributed by atoms with E-state index in [0.29, 0.717) is 5.82 Å². The number of imidazole rings is 1. The van der Waals surface area contributed by atoms with E-state index in [4.69, 9.17) is 24.3 Å². The summed E-state index contributed by atoms with van der Waals surface area (Å²) in [7, 11) is -4.74. The van der Waals surface area contributed by atoms with Gasteiger partial charge in [0.1, 0.15) is 42.9 Å². The molecule has 2 aliphatic heterocycles. The van der Waals surface area contributed by atoms with Gasteiger partial charge in [-0.2, -0.15) is 4.98 Å². The number of phosphoric ester groups is 1. The zero-order chi connectivity index (χ0) is 27.2. The Morgan fingerprint density at radius 3 is 2.61 bits per heavy atom. The molecule has 1 unspecified atom stereocenters. The van der Waals surface area contributed by atoms with Crippen LogP contribution >= 0.6 is 7.82 Å². The van der Waals surface area contributed by atoms with Crippen LogP contribution in [0.3, 0.4) is 0 Å². The highest BCUT2D eigenvalue weighted by molar-refractivity contribution is 7.47. The van der Waals surface area contributed by atoms with Gasteiger partial charge in [-0.3, -0.25) is 23.0 Å². The number of aliphatic hydroxyl groups is 2. The highest BCUT2D eigenvalue weighted by Crippen LogP contribution is 2.49. The number of hydrogen-bond acceptors (Lipinski definition) is 14. The lowest BCUT2D eigenvalue weighted by Crippen LogP contribution is -2.29. The molecule has 5 heterocycles. The molecule has 2 saturated heterocycles. The fraction of sp³-hybridized carbons (Fsp3) is 0.579. The van der Waals surface area contributed by atoms with Crippen molar-refractivity contribution in [1.82, 2.24) is 34.1 Å². The second kappa shape index (κ2) is 10.2. The lowest BCUT2D eigenvalue weighted by Gasteiger charge is -2.21. The molecular weight excluding hydrogens is 531 g/mol. The molecule has 2 aliphatic rings. The van der Waals surface area contributed by atoms with E-state index in [1.807, 2.05) is 0 Å². The molecule has 0 bridgehead atoms. The number of aliphatic hydroxyl groups excluding tert-OH is 2. The molecule has 3 aromatic heterocycles. The van der Waals surface area contributed by atoms with Gasteiger partial charge in [-0.25, -0.2) is 24.3 Å². The molecule has 0 saturated carbocycles. The van der Waals surface area contributed by atoms with Gasteiger partial charge in [-0.05, 0) is 6.92 Å². The van der Waals surface area contributed by atoms with Gasteiger partial charge in [0.25, 0.3) is 5.56 Å². The highest BCUT2D eigenvalue weighted by Gasteiger charge is 2.43. The molecule has 18 nitrogen and oxygen atoms in total. The van der Waals surface area contributed by atoms with E-state index in [2.05, 4.69) is 24.9 Å². The summed E-state index contributed by atoms with van der Waals surface area (Å²) in [5.74, 6) is 0.137. The average molecular weight is 556 g/mol. The molecule has 3 aromatic rings. The van der Waals surface area contributed by atoms with Crippen LogP contribution < -0.4 is 17.0 Å². The summed E-state index contributed by atoms with van der Waals surface area (Å²) in [6, 6.07) is 0. The van der Waals surface area contributed by atoms with E-state index in [1.54, 1.807) is 6.92 Å². The van der Waals surface area contributed by atoms with Crippen molar-refractivity contribution in [2.45, 2.75) is 56.6 Å². The zero-order valence-electron chi connectivity index (χ0n) is 19.9. The first kappa shape index (κ1) is 26.5. The fourth-order valence-electron chi connectivity index (χ4n) is 4.35. The largest absolute Gasteiger partial charge is 0.472 e. The number of nitrogen functional groups attached to an aromatic ring is 1. The number of nitrogens with two attached hydrogens (primary N) is 1. The summed E-state index contributed by atoms with van der Waals surface area (Å²) in [5.41, 5.74) is 4.57. The second-order valence-corrected chi connectivity index (χ2v) is 10.2. The third kappa shape index (κ3) is 5.25. The molecule has 7 atom stereocenters. The van der Waals surface area contributed by atoms with Crippen molar-refractivity contribution in [2.75, 3.05) is 18.9 Å². The van der Waals surface area contributed by atoms with Gasteiger partial charge in [0.05, 0.1) is 25.6 Å². The second-order valence-electron chi connectivity index (χ2n) is 8.77. The topological polar surface area (TPSA) is 252 Å². The van der Waals surface area contributed by atoms with E-state index < -0.39 is 69.2 Å². The highest BCUT2D eigenvalue weighted by atomic mass is 31.2. The molecule has 206 valence electrons. The number of rotatable bonds is 8. The Balaban J connectivity index is 1.22. The van der Waals surface area contributed by atoms with Gasteiger partial charge < -0.3 is 35.3 Å². The Morgan fingerprint density at radius 2 is 1.87 bits per heavy atom. The lowest BCUT2D eigenvalue weighted by atomic mass is 10.2. The normalized spacial score (nSPS) is 29.2. The maximum absolute atomic E-state index is 12.7. The Labute approximate surface area is 212 Å². The van der Waals surface area contributed by atoms with E-state index in [-0.39, 0.29) is 30.0 Å². The van der Waals surface area contributed by atoms with Crippen molar-refractivity contribution in [3.05, 3.63) is 39.3 Å². The predicted octanol–water partition coefficient (Wildman–Crippen LogP) is -1.91. The van der Waals surface area contributed by atoms with Crippen LogP contribution in [0.5, 0.6) is 0 Å². The van der Waals surface area contributed by atoms with Crippen LogP contribution in [-0.4, -0.2) is 86.8 Å². The van der Waals surface area contributed by atoms with Crippen LogP contribution in [0.4, 0.5) is 5.95 Å². The maximum Gasteiger partial charge on any atom is 0.472 e. The van der Waals surface area contributed by atoms with Gasteiger partial charge in [-0.1, -0.05) is 0 Å². The summed E-state index contributed by atoms with van der Waals surface area (Å²) >= 11 is 0. The number of H-pyrrole nitrogens is 1. The smallest absolute Gasteiger partial charge is 0.394 e. The molecule has 38 heavy (non-hydrogen) atoms. The minimum absolute atomic E-state index is 0.0761. The van der Waals surface area contributed by atoms with Gasteiger partial charge in [0, 0.05) is 12.8 Å². The number of hydrogen-bond donors (Lipinski definition) is 5. The standard InChI is InChI=1S/C19H25N8O10P/c1-8-23-16-15(17(30)24-8)21-6-26(16)13-2-9(29)12(36-13)5-34-38(32,33)37-10-3-14(35-11(10)4-28)27-7-22-18(20)25-19(27)31/h6-7,9-14,28-29H,2-5H2,1H3,(H,32,33)(H2,20,25,31)(H,23,24,30)/t9-,10-,11-,12-,13-,14+/m1/s1. The number of aromatic amines is 1. The Bertz CT molecular complexity index is 1490. The van der Waals surface area contributed by atoms with Crippen molar-refractivity contribution in [3.63, 3.8) is 0 Å². The lowest BCUT2D eigenvalue weighted by molar-refractivity contribution is -0.0565. The number of nitrogens with zero attached hydrogens (tertiary/aromatic N) is 6. The van der Waals surface area contributed by atoms with Crippen molar-refractivity contribution < 1.29 is 38.2 Å². The number of fused-ring (bicyclic) bond motifs is 1. The van der Waals surface area contributed by atoms with Crippen LogP contribution in [0.1, 0.15) is 31.1 Å². The minimum Gasteiger partial charge on any atom is -0.394 e. The van der Waals surface area contributed by atoms with Crippen LogP contribution in [0.2, 0.25) is 0 Å². The average Bonchev–Trinajstić information content (AvgIpc) is 3.54. The van der Waals surface area contributed by atoms with Crippen LogP contribution in [0.25, 0.3) is 11.2 Å². The zero-order valence-corrected chi connectivity index (χ0v) is 20.7. The van der Waals surface area contributed by atoms with Crippen LogP contribution in [0.15, 0.2) is 22.2 Å². The monoisotopic (exact) mass is 556 g/mol. The fourth-order valence-corrected chi connectivity index (χ4v) is 5.31. The first-order valence-electron chi connectivity index (χ1n) is 11.4. The molecule has 0 aliphatic carbocycles. The maximum atomic E-state index is 12.7. The molecule has 2 fully saturated rings. The number of aromatic nitrogens is 7. The number of nitrogens with one attached hydrogen (secondary N) is 1. The summed E-state index contributed by atoms with van der Waals surface area (Å²) < 4.78 is 36.8. The molecule has 0 amide bonds. The molecule has 0 radical (unpaired) electrons. The third-order valence-corrected chi connectivity index (χ3v) is 7.16.